The quantitative estimate of drug-likeness (QED) is 0.502. The smallest absolute Gasteiger partial charge is 0.277 e. The summed E-state index contributed by atoms with van der Waals surface area (Å²) in [5, 5.41) is 11.8. The minimum atomic E-state index is -0.530. The lowest BCUT2D eigenvalue weighted by Gasteiger charge is -2.31. The van der Waals surface area contributed by atoms with Crippen LogP contribution < -0.4 is 14.8 Å². The first kappa shape index (κ1) is 20.2. The molecular weight excluding hydrogens is 438 g/mol. The fourth-order valence-electron chi connectivity index (χ4n) is 3.80. The fourth-order valence-corrected chi connectivity index (χ4v) is 4.55. The van der Waals surface area contributed by atoms with E-state index < -0.39 is 5.79 Å². The SMILES string of the molecule is O=C(CSc1nnc(-c2cccc(Cl)c2)o1)Nc1ccc2c(c1)OC1(CCCCC1)O2. The van der Waals surface area contributed by atoms with Crippen molar-refractivity contribution in [2.45, 2.75) is 43.1 Å². The number of ether oxygens (including phenoxy) is 2. The number of nitrogens with one attached hydrogen (secondary N) is 1. The summed E-state index contributed by atoms with van der Waals surface area (Å²) in [4.78, 5) is 12.4. The summed E-state index contributed by atoms with van der Waals surface area (Å²) in [6.07, 6.45) is 5.19. The zero-order valence-electron chi connectivity index (χ0n) is 16.6. The van der Waals surface area contributed by atoms with Crippen LogP contribution in [0.25, 0.3) is 11.5 Å². The Morgan fingerprint density at radius 1 is 1.06 bits per heavy atom. The fraction of sp³-hybridized carbons (Fsp3) is 0.318. The van der Waals surface area contributed by atoms with Crippen LogP contribution in [-0.4, -0.2) is 27.6 Å². The van der Waals surface area contributed by atoms with E-state index in [-0.39, 0.29) is 11.7 Å². The molecule has 1 saturated carbocycles. The molecule has 1 aliphatic heterocycles. The van der Waals surface area contributed by atoms with Crippen molar-refractivity contribution in [1.29, 1.82) is 0 Å². The molecule has 1 N–H and O–H groups in total. The molecule has 1 aromatic heterocycles. The maximum absolute atomic E-state index is 12.4. The second kappa shape index (κ2) is 8.43. The van der Waals surface area contributed by atoms with Crippen LogP contribution in [0.2, 0.25) is 5.02 Å². The minimum Gasteiger partial charge on any atom is -0.448 e. The number of carbonyl (C=O) groups is 1. The summed E-state index contributed by atoms with van der Waals surface area (Å²) < 4.78 is 17.8. The zero-order valence-corrected chi connectivity index (χ0v) is 18.2. The number of thioether (sulfide) groups is 1. The molecule has 2 aliphatic rings. The first-order valence-corrected chi connectivity index (χ1v) is 11.5. The molecule has 0 bridgehead atoms. The third-order valence-electron chi connectivity index (χ3n) is 5.24. The molecule has 0 unspecified atom stereocenters. The average Bonchev–Trinajstić information content (AvgIpc) is 3.37. The van der Waals surface area contributed by atoms with E-state index in [1.54, 1.807) is 12.1 Å². The van der Waals surface area contributed by atoms with Crippen molar-refractivity contribution in [2.75, 3.05) is 11.1 Å². The van der Waals surface area contributed by atoms with E-state index in [2.05, 4.69) is 15.5 Å². The van der Waals surface area contributed by atoms with E-state index >= 15 is 0 Å². The normalized spacial score (nSPS) is 16.4. The minimum absolute atomic E-state index is 0.134. The molecule has 7 nitrogen and oxygen atoms in total. The standard InChI is InChI=1S/C22H20ClN3O4S/c23-15-6-4-5-14(11-15)20-25-26-21(28-20)31-13-19(27)24-16-7-8-17-18(12-16)30-22(29-17)9-2-1-3-10-22/h4-8,11-12H,1-3,9-10,13H2,(H,24,27). The van der Waals surface area contributed by atoms with Gasteiger partial charge in [-0.25, -0.2) is 0 Å². The molecule has 1 spiro atoms. The first-order chi connectivity index (χ1) is 15.1. The number of amides is 1. The van der Waals surface area contributed by atoms with Gasteiger partial charge in [-0.1, -0.05) is 35.9 Å². The van der Waals surface area contributed by atoms with Gasteiger partial charge in [-0.3, -0.25) is 4.79 Å². The summed E-state index contributed by atoms with van der Waals surface area (Å²) in [7, 11) is 0. The topological polar surface area (TPSA) is 86.5 Å². The van der Waals surface area contributed by atoms with Gasteiger partial charge in [0.05, 0.1) is 5.75 Å². The van der Waals surface area contributed by atoms with Crippen molar-refractivity contribution in [3.8, 4) is 23.0 Å². The number of anilines is 1. The van der Waals surface area contributed by atoms with Crippen molar-refractivity contribution in [1.82, 2.24) is 10.2 Å². The lowest BCUT2D eigenvalue weighted by Crippen LogP contribution is -2.40. The molecule has 2 aromatic carbocycles. The van der Waals surface area contributed by atoms with Crippen molar-refractivity contribution in [2.24, 2.45) is 0 Å². The van der Waals surface area contributed by atoms with E-state index in [1.165, 1.54) is 18.2 Å². The lowest BCUT2D eigenvalue weighted by atomic mass is 9.94. The van der Waals surface area contributed by atoms with Gasteiger partial charge in [-0.05, 0) is 43.2 Å². The summed E-state index contributed by atoms with van der Waals surface area (Å²) in [6, 6.07) is 12.6. The highest BCUT2D eigenvalue weighted by Crippen LogP contribution is 2.46. The highest BCUT2D eigenvalue weighted by atomic mass is 35.5. The Labute approximate surface area is 188 Å². The summed E-state index contributed by atoms with van der Waals surface area (Å²) in [5.74, 6) is 1.19. The van der Waals surface area contributed by atoms with Crippen LogP contribution in [0.4, 0.5) is 5.69 Å². The van der Waals surface area contributed by atoms with E-state index in [1.807, 2.05) is 30.3 Å². The monoisotopic (exact) mass is 457 g/mol. The number of benzene rings is 2. The molecule has 31 heavy (non-hydrogen) atoms. The van der Waals surface area contributed by atoms with Crippen LogP contribution >= 0.6 is 23.4 Å². The largest absolute Gasteiger partial charge is 0.448 e. The molecule has 1 amide bonds. The number of carbonyl (C=O) groups excluding carboxylic acids is 1. The highest BCUT2D eigenvalue weighted by molar-refractivity contribution is 7.99. The Morgan fingerprint density at radius 3 is 2.74 bits per heavy atom. The van der Waals surface area contributed by atoms with E-state index in [9.17, 15) is 4.79 Å². The van der Waals surface area contributed by atoms with Crippen LogP contribution in [-0.2, 0) is 4.79 Å². The zero-order chi connectivity index (χ0) is 21.3. The van der Waals surface area contributed by atoms with Crippen LogP contribution in [0.1, 0.15) is 32.1 Å². The summed E-state index contributed by atoms with van der Waals surface area (Å²) >= 11 is 7.16. The van der Waals surface area contributed by atoms with E-state index in [0.717, 1.165) is 37.0 Å². The lowest BCUT2D eigenvalue weighted by molar-refractivity contribution is -0.113. The molecule has 160 valence electrons. The Balaban J connectivity index is 1.17. The van der Waals surface area contributed by atoms with Gasteiger partial charge < -0.3 is 19.2 Å². The van der Waals surface area contributed by atoms with Crippen molar-refractivity contribution >= 4 is 35.0 Å². The Bertz CT molecular complexity index is 1110. The maximum Gasteiger partial charge on any atom is 0.277 e. The molecule has 1 aliphatic carbocycles. The molecule has 9 heteroatoms. The van der Waals surface area contributed by atoms with E-state index in [4.69, 9.17) is 25.5 Å². The molecule has 0 radical (unpaired) electrons. The molecule has 1 fully saturated rings. The number of nitrogens with zero attached hydrogens (tertiary/aromatic N) is 2. The van der Waals surface area contributed by atoms with Gasteiger partial charge in [-0.15, -0.1) is 10.2 Å². The van der Waals surface area contributed by atoms with Gasteiger partial charge in [0.25, 0.3) is 11.0 Å². The predicted octanol–water partition coefficient (Wildman–Crippen LogP) is 5.55. The number of hydrogen-bond acceptors (Lipinski definition) is 7. The van der Waals surface area contributed by atoms with Gasteiger partial charge >= 0.3 is 0 Å². The van der Waals surface area contributed by atoms with Crippen LogP contribution in [0, 0.1) is 0 Å². The maximum atomic E-state index is 12.4. The number of aromatic nitrogens is 2. The number of fused-ring (bicyclic) bond motifs is 1. The number of halogens is 1. The second-order valence-electron chi connectivity index (χ2n) is 7.56. The second-order valence-corrected chi connectivity index (χ2v) is 8.92. The van der Waals surface area contributed by atoms with Crippen LogP contribution in [0.5, 0.6) is 11.5 Å². The van der Waals surface area contributed by atoms with Gasteiger partial charge in [0.15, 0.2) is 11.5 Å². The number of hydrogen-bond donors (Lipinski definition) is 1. The Hall–Kier alpha value is -2.71. The predicted molar refractivity (Wildman–Crippen MR) is 118 cm³/mol. The van der Waals surface area contributed by atoms with E-state index in [0.29, 0.717) is 27.6 Å². The molecule has 0 atom stereocenters. The van der Waals surface area contributed by atoms with Crippen molar-refractivity contribution in [3.05, 3.63) is 47.5 Å². The van der Waals surface area contributed by atoms with Gasteiger partial charge in [-0.2, -0.15) is 0 Å². The molecule has 3 aromatic rings. The summed E-state index contributed by atoms with van der Waals surface area (Å²) in [6.45, 7) is 0. The Morgan fingerprint density at radius 2 is 1.90 bits per heavy atom. The van der Waals surface area contributed by atoms with Crippen LogP contribution in [0.3, 0.4) is 0 Å². The third-order valence-corrected chi connectivity index (χ3v) is 6.29. The summed E-state index contributed by atoms with van der Waals surface area (Å²) in [5.41, 5.74) is 1.39. The average molecular weight is 458 g/mol. The van der Waals surface area contributed by atoms with Gasteiger partial charge in [0, 0.05) is 35.2 Å². The van der Waals surface area contributed by atoms with Gasteiger partial charge in [0.1, 0.15) is 0 Å². The van der Waals surface area contributed by atoms with Crippen molar-refractivity contribution < 1.29 is 18.7 Å². The van der Waals surface area contributed by atoms with Crippen LogP contribution in [0.15, 0.2) is 52.1 Å². The Kier molecular flexibility index (Phi) is 5.50. The molecule has 5 rings (SSSR count). The highest BCUT2D eigenvalue weighted by Gasteiger charge is 2.42. The third kappa shape index (κ3) is 4.50. The van der Waals surface area contributed by atoms with Gasteiger partial charge in [0.2, 0.25) is 11.8 Å². The molecule has 0 saturated heterocycles. The van der Waals surface area contributed by atoms with Crippen molar-refractivity contribution in [3.63, 3.8) is 0 Å². The molecule has 2 heterocycles. The first-order valence-electron chi connectivity index (χ1n) is 10.1. The number of rotatable bonds is 5. The molecular formula is C22H20ClN3O4S.